The molecule has 1 aliphatic rings. The maximum atomic E-state index is 12.2. The van der Waals surface area contributed by atoms with Crippen molar-refractivity contribution in [2.24, 2.45) is 5.92 Å². The van der Waals surface area contributed by atoms with Gasteiger partial charge in [-0.1, -0.05) is 58.4 Å². The molecule has 2 unspecified atom stereocenters. The van der Waals surface area contributed by atoms with Gasteiger partial charge >= 0.3 is 0 Å². The molecule has 0 saturated heterocycles. The van der Waals surface area contributed by atoms with E-state index in [9.17, 15) is 4.79 Å². The van der Waals surface area contributed by atoms with Gasteiger partial charge in [0, 0.05) is 11.4 Å². The van der Waals surface area contributed by atoms with E-state index in [1.54, 1.807) is 0 Å². The highest BCUT2D eigenvalue weighted by molar-refractivity contribution is 9.09. The lowest BCUT2D eigenvalue weighted by Crippen LogP contribution is -2.29. The van der Waals surface area contributed by atoms with Crippen LogP contribution in [-0.2, 0) is 11.2 Å². The summed E-state index contributed by atoms with van der Waals surface area (Å²) in [6.45, 7) is 0.811. The number of carbonyl (C=O) groups excluding carboxylic acids is 1. The Morgan fingerprint density at radius 3 is 2.76 bits per heavy atom. The second-order valence-corrected chi connectivity index (χ2v) is 7.19. The Morgan fingerprint density at radius 1 is 1.14 bits per heavy atom. The Kier molecular flexibility index (Phi) is 4.59. The van der Waals surface area contributed by atoms with Crippen LogP contribution in [-0.4, -0.2) is 17.3 Å². The number of hydrogen-bond donors (Lipinski definition) is 1. The van der Waals surface area contributed by atoms with Crippen LogP contribution in [0.4, 0.5) is 0 Å². The molecule has 3 rings (SSSR count). The standard InChI is InChI=1S/C18H20BrNO/c19-16-9-8-13(10-16)12-20-18(21)11-15-6-3-5-14-4-1-2-7-17(14)15/h1-7,13,16H,8-12H2,(H,20,21). The molecule has 0 radical (unpaired) electrons. The van der Waals surface area contributed by atoms with Crippen molar-refractivity contribution in [1.29, 1.82) is 0 Å². The molecule has 1 saturated carbocycles. The average molecular weight is 346 g/mol. The third-order valence-electron chi connectivity index (χ3n) is 4.30. The third-order valence-corrected chi connectivity index (χ3v) is 5.13. The van der Waals surface area contributed by atoms with E-state index in [0.29, 0.717) is 17.2 Å². The fraction of sp³-hybridized carbons (Fsp3) is 0.389. The normalized spacial score (nSPS) is 21.6. The molecule has 2 aromatic rings. The molecule has 1 amide bonds. The van der Waals surface area contributed by atoms with Gasteiger partial charge in [0.25, 0.3) is 0 Å². The first-order chi connectivity index (χ1) is 10.2. The second kappa shape index (κ2) is 6.61. The van der Waals surface area contributed by atoms with Crippen LogP contribution >= 0.6 is 15.9 Å². The minimum absolute atomic E-state index is 0.129. The van der Waals surface area contributed by atoms with E-state index in [-0.39, 0.29) is 5.91 Å². The summed E-state index contributed by atoms with van der Waals surface area (Å²) in [5, 5.41) is 5.47. The molecule has 2 aromatic carbocycles. The van der Waals surface area contributed by atoms with Crippen LogP contribution in [0.2, 0.25) is 0 Å². The number of halogens is 1. The summed E-state index contributed by atoms with van der Waals surface area (Å²) in [6.07, 6.45) is 4.08. The van der Waals surface area contributed by atoms with Gasteiger partial charge in [0.1, 0.15) is 0 Å². The minimum atomic E-state index is 0.129. The number of carbonyl (C=O) groups is 1. The molecule has 0 bridgehead atoms. The first-order valence-corrected chi connectivity index (χ1v) is 8.51. The van der Waals surface area contributed by atoms with E-state index < -0.39 is 0 Å². The summed E-state index contributed by atoms with van der Waals surface area (Å²) in [5.74, 6) is 0.759. The van der Waals surface area contributed by atoms with Crippen LogP contribution in [0.5, 0.6) is 0 Å². The molecule has 0 aromatic heterocycles. The lowest BCUT2D eigenvalue weighted by atomic mass is 10.0. The maximum absolute atomic E-state index is 12.2. The van der Waals surface area contributed by atoms with Gasteiger partial charge in [-0.05, 0) is 41.5 Å². The monoisotopic (exact) mass is 345 g/mol. The van der Waals surface area contributed by atoms with Crippen molar-refractivity contribution in [2.75, 3.05) is 6.54 Å². The van der Waals surface area contributed by atoms with Crippen LogP contribution in [0.15, 0.2) is 42.5 Å². The first kappa shape index (κ1) is 14.6. The highest BCUT2D eigenvalue weighted by Gasteiger charge is 2.22. The van der Waals surface area contributed by atoms with Gasteiger partial charge in [-0.25, -0.2) is 0 Å². The van der Waals surface area contributed by atoms with Crippen LogP contribution < -0.4 is 5.32 Å². The number of hydrogen-bond acceptors (Lipinski definition) is 1. The summed E-state index contributed by atoms with van der Waals surface area (Å²) in [7, 11) is 0. The summed E-state index contributed by atoms with van der Waals surface area (Å²) < 4.78 is 0. The van der Waals surface area contributed by atoms with E-state index >= 15 is 0 Å². The van der Waals surface area contributed by atoms with Gasteiger partial charge in [0.05, 0.1) is 6.42 Å². The highest BCUT2D eigenvalue weighted by atomic mass is 79.9. The van der Waals surface area contributed by atoms with Crippen LogP contribution in [0.3, 0.4) is 0 Å². The molecule has 1 aliphatic carbocycles. The van der Waals surface area contributed by atoms with Gasteiger partial charge in [0.15, 0.2) is 0 Å². The van der Waals surface area contributed by atoms with Crippen molar-refractivity contribution in [3.8, 4) is 0 Å². The van der Waals surface area contributed by atoms with Crippen LogP contribution in [0.25, 0.3) is 10.8 Å². The number of alkyl halides is 1. The summed E-state index contributed by atoms with van der Waals surface area (Å²) in [4.78, 5) is 12.8. The fourth-order valence-corrected chi connectivity index (χ4v) is 3.93. The van der Waals surface area contributed by atoms with Crippen LogP contribution in [0.1, 0.15) is 24.8 Å². The first-order valence-electron chi connectivity index (χ1n) is 7.60. The van der Waals surface area contributed by atoms with Crippen molar-refractivity contribution < 1.29 is 4.79 Å². The zero-order valence-corrected chi connectivity index (χ0v) is 13.6. The van der Waals surface area contributed by atoms with E-state index in [1.165, 1.54) is 30.0 Å². The average Bonchev–Trinajstić information content (AvgIpc) is 2.91. The molecule has 0 spiro atoms. The number of nitrogens with one attached hydrogen (secondary N) is 1. The second-order valence-electron chi connectivity index (χ2n) is 5.90. The zero-order chi connectivity index (χ0) is 14.7. The Bertz CT molecular complexity index is 635. The molecule has 2 nitrogen and oxygen atoms in total. The molecule has 0 aliphatic heterocycles. The fourth-order valence-electron chi connectivity index (χ4n) is 3.14. The number of rotatable bonds is 4. The van der Waals surface area contributed by atoms with E-state index in [4.69, 9.17) is 0 Å². The van der Waals surface area contributed by atoms with E-state index in [2.05, 4.69) is 39.4 Å². The van der Waals surface area contributed by atoms with Gasteiger partial charge in [-0.2, -0.15) is 0 Å². The predicted molar refractivity (Wildman–Crippen MR) is 90.7 cm³/mol. The molecule has 21 heavy (non-hydrogen) atoms. The lowest BCUT2D eigenvalue weighted by molar-refractivity contribution is -0.120. The molecule has 0 heterocycles. The Hall–Kier alpha value is -1.35. The van der Waals surface area contributed by atoms with Crippen molar-refractivity contribution >= 4 is 32.6 Å². The lowest BCUT2D eigenvalue weighted by Gasteiger charge is -2.12. The van der Waals surface area contributed by atoms with Crippen molar-refractivity contribution in [2.45, 2.75) is 30.5 Å². The van der Waals surface area contributed by atoms with Gasteiger partial charge in [-0.3, -0.25) is 4.79 Å². The summed E-state index contributed by atoms with van der Waals surface area (Å²) in [6, 6.07) is 14.4. The largest absolute Gasteiger partial charge is 0.356 e. The van der Waals surface area contributed by atoms with Gasteiger partial charge < -0.3 is 5.32 Å². The zero-order valence-electron chi connectivity index (χ0n) is 12.0. The molecule has 2 atom stereocenters. The third kappa shape index (κ3) is 3.65. The minimum Gasteiger partial charge on any atom is -0.356 e. The number of fused-ring (bicyclic) bond motifs is 1. The molecular weight excluding hydrogens is 326 g/mol. The SMILES string of the molecule is O=C(Cc1cccc2ccccc12)NCC1CCC(Br)C1. The number of amides is 1. The smallest absolute Gasteiger partial charge is 0.224 e. The van der Waals surface area contributed by atoms with Gasteiger partial charge in [-0.15, -0.1) is 0 Å². The number of benzene rings is 2. The topological polar surface area (TPSA) is 29.1 Å². The van der Waals surface area contributed by atoms with E-state index in [0.717, 1.165) is 12.1 Å². The Labute approximate surface area is 134 Å². The predicted octanol–water partition coefficient (Wildman–Crippen LogP) is 4.06. The molecule has 1 fully saturated rings. The Morgan fingerprint density at radius 2 is 1.95 bits per heavy atom. The summed E-state index contributed by atoms with van der Waals surface area (Å²) in [5.41, 5.74) is 1.11. The molecule has 110 valence electrons. The van der Waals surface area contributed by atoms with Crippen molar-refractivity contribution in [3.63, 3.8) is 0 Å². The molecule has 1 N–H and O–H groups in total. The Balaban J connectivity index is 1.61. The molecule has 3 heteroatoms. The molecular formula is C18H20BrNO. The van der Waals surface area contributed by atoms with Crippen LogP contribution in [0, 0.1) is 5.92 Å². The van der Waals surface area contributed by atoms with E-state index in [1.807, 2.05) is 24.3 Å². The highest BCUT2D eigenvalue weighted by Crippen LogP contribution is 2.30. The quantitative estimate of drug-likeness (QED) is 0.831. The maximum Gasteiger partial charge on any atom is 0.224 e. The van der Waals surface area contributed by atoms with Gasteiger partial charge in [0.2, 0.25) is 5.91 Å². The van der Waals surface area contributed by atoms with Crippen molar-refractivity contribution in [1.82, 2.24) is 5.32 Å². The van der Waals surface area contributed by atoms with Crippen molar-refractivity contribution in [3.05, 3.63) is 48.0 Å². The summed E-state index contributed by atoms with van der Waals surface area (Å²) >= 11 is 3.65.